The number of nitrogens with zero attached hydrogens (tertiary/aromatic N) is 1. The summed E-state index contributed by atoms with van der Waals surface area (Å²) >= 11 is 0. The lowest BCUT2D eigenvalue weighted by molar-refractivity contribution is 0.693. The van der Waals surface area contributed by atoms with Crippen LogP contribution >= 0.6 is 0 Å². The van der Waals surface area contributed by atoms with E-state index in [-0.39, 0.29) is 12.0 Å². The fraction of sp³-hybridized carbons (Fsp3) is 0.0833. The summed E-state index contributed by atoms with van der Waals surface area (Å²) in [6, 6.07) is 27.8. The summed E-state index contributed by atoms with van der Waals surface area (Å²) in [5.41, 5.74) is 13.9. The van der Waals surface area contributed by atoms with E-state index in [1.54, 1.807) is 0 Å². The first-order chi connectivity index (χ1) is 12.8. The highest BCUT2D eigenvalue weighted by Crippen LogP contribution is 2.50. The molecule has 2 aliphatic rings. The molecule has 2 nitrogen and oxygen atoms in total. The predicted molar refractivity (Wildman–Crippen MR) is 108 cm³/mol. The van der Waals surface area contributed by atoms with Gasteiger partial charge in [-0.15, -0.1) is 0 Å². The quantitative estimate of drug-likeness (QED) is 0.681. The Balaban J connectivity index is 1.70. The van der Waals surface area contributed by atoms with Crippen molar-refractivity contribution >= 4 is 11.4 Å². The van der Waals surface area contributed by atoms with Crippen molar-refractivity contribution in [2.24, 2.45) is 5.73 Å². The molecular formula is C24H20N2. The number of rotatable bonds is 2. The third kappa shape index (κ3) is 2.31. The fourth-order valence-corrected chi connectivity index (χ4v) is 4.10. The molecule has 0 fully saturated rings. The van der Waals surface area contributed by atoms with Crippen LogP contribution in [0.25, 0.3) is 11.1 Å². The summed E-state index contributed by atoms with van der Waals surface area (Å²) in [7, 11) is 0. The average molecular weight is 336 g/mol. The highest BCUT2D eigenvalue weighted by Gasteiger charge is 2.38. The Morgan fingerprint density at radius 2 is 1.50 bits per heavy atom. The van der Waals surface area contributed by atoms with Gasteiger partial charge in [-0.05, 0) is 47.0 Å². The average Bonchev–Trinajstić information content (AvgIpc) is 3.04. The van der Waals surface area contributed by atoms with Crippen LogP contribution in [0.3, 0.4) is 0 Å². The lowest BCUT2D eigenvalue weighted by Crippen LogP contribution is -2.29. The van der Waals surface area contributed by atoms with E-state index in [1.165, 1.54) is 33.8 Å². The Morgan fingerprint density at radius 3 is 2.27 bits per heavy atom. The van der Waals surface area contributed by atoms with Crippen molar-refractivity contribution in [3.05, 3.63) is 108 Å². The predicted octanol–water partition coefficient (Wildman–Crippen LogP) is 5.37. The summed E-state index contributed by atoms with van der Waals surface area (Å²) in [4.78, 5) is 2.35. The van der Waals surface area contributed by atoms with Crippen LogP contribution < -0.4 is 10.6 Å². The Hall–Kier alpha value is -3.10. The Kier molecular flexibility index (Phi) is 3.51. The number of nitrogens with two attached hydrogens (primary N) is 1. The van der Waals surface area contributed by atoms with Crippen LogP contribution in [-0.4, -0.2) is 6.04 Å². The lowest BCUT2D eigenvalue weighted by atomic mass is 9.87. The van der Waals surface area contributed by atoms with Crippen molar-refractivity contribution in [2.75, 3.05) is 4.90 Å². The fourth-order valence-electron chi connectivity index (χ4n) is 4.10. The van der Waals surface area contributed by atoms with Gasteiger partial charge in [0.25, 0.3) is 0 Å². The summed E-state index contributed by atoms with van der Waals surface area (Å²) in [6.07, 6.45) is 6.38. The van der Waals surface area contributed by atoms with Crippen LogP contribution in [0.1, 0.15) is 11.5 Å². The van der Waals surface area contributed by atoms with E-state index in [2.05, 4.69) is 102 Å². The molecule has 0 aromatic heterocycles. The smallest absolute Gasteiger partial charge is 0.0498 e. The largest absolute Gasteiger partial charge is 0.324 e. The van der Waals surface area contributed by atoms with E-state index in [0.717, 1.165) is 0 Å². The van der Waals surface area contributed by atoms with Gasteiger partial charge in [0, 0.05) is 29.0 Å². The number of anilines is 2. The van der Waals surface area contributed by atoms with Gasteiger partial charge >= 0.3 is 0 Å². The van der Waals surface area contributed by atoms with E-state index in [0.29, 0.717) is 0 Å². The molecule has 0 amide bonds. The van der Waals surface area contributed by atoms with Crippen LogP contribution in [0, 0.1) is 0 Å². The molecule has 2 N–H and O–H groups in total. The van der Waals surface area contributed by atoms with Crippen molar-refractivity contribution in [2.45, 2.75) is 12.0 Å². The van der Waals surface area contributed by atoms with E-state index < -0.39 is 0 Å². The second kappa shape index (κ2) is 6.01. The highest BCUT2D eigenvalue weighted by atomic mass is 15.2. The molecule has 1 aliphatic carbocycles. The minimum Gasteiger partial charge on any atom is -0.324 e. The van der Waals surface area contributed by atoms with Gasteiger partial charge in [-0.2, -0.15) is 0 Å². The summed E-state index contributed by atoms with van der Waals surface area (Å²) < 4.78 is 0. The third-order valence-corrected chi connectivity index (χ3v) is 5.29. The molecule has 5 rings (SSSR count). The normalized spacial score (nSPS) is 20.5. The van der Waals surface area contributed by atoms with Gasteiger partial charge < -0.3 is 10.6 Å². The van der Waals surface area contributed by atoms with Crippen LogP contribution in [0.15, 0.2) is 103 Å². The maximum atomic E-state index is 6.51. The van der Waals surface area contributed by atoms with Crippen molar-refractivity contribution in [1.82, 2.24) is 0 Å². The van der Waals surface area contributed by atoms with E-state index in [1.807, 2.05) is 0 Å². The van der Waals surface area contributed by atoms with Gasteiger partial charge in [-0.1, -0.05) is 66.7 Å². The monoisotopic (exact) mass is 336 g/mol. The number of hydrogen-bond donors (Lipinski definition) is 1. The molecule has 2 heteroatoms. The van der Waals surface area contributed by atoms with Crippen LogP contribution in [-0.2, 0) is 0 Å². The zero-order chi connectivity index (χ0) is 17.5. The zero-order valence-corrected chi connectivity index (χ0v) is 14.4. The van der Waals surface area contributed by atoms with Crippen molar-refractivity contribution < 1.29 is 0 Å². The zero-order valence-electron chi connectivity index (χ0n) is 14.4. The lowest BCUT2D eigenvalue weighted by Gasteiger charge is -2.27. The molecule has 3 aromatic carbocycles. The number of allylic oxidation sites excluding steroid dienone is 2. The molecule has 1 heterocycles. The van der Waals surface area contributed by atoms with Gasteiger partial charge in [-0.3, -0.25) is 0 Å². The summed E-state index contributed by atoms with van der Waals surface area (Å²) in [5, 5.41) is 0. The van der Waals surface area contributed by atoms with Crippen LogP contribution in [0.4, 0.5) is 11.4 Å². The first-order valence-electron chi connectivity index (χ1n) is 9.01. The third-order valence-electron chi connectivity index (χ3n) is 5.29. The van der Waals surface area contributed by atoms with E-state index in [9.17, 15) is 0 Å². The second-order valence-electron chi connectivity index (χ2n) is 6.84. The van der Waals surface area contributed by atoms with Crippen molar-refractivity contribution in [3.8, 4) is 11.1 Å². The summed E-state index contributed by atoms with van der Waals surface area (Å²) in [6.45, 7) is 0. The second-order valence-corrected chi connectivity index (χ2v) is 6.84. The van der Waals surface area contributed by atoms with Crippen molar-refractivity contribution in [3.63, 3.8) is 0 Å². The maximum absolute atomic E-state index is 6.51. The molecular weight excluding hydrogens is 316 g/mol. The molecule has 3 aromatic rings. The maximum Gasteiger partial charge on any atom is 0.0498 e. The molecule has 2 atom stereocenters. The first-order valence-corrected chi connectivity index (χ1v) is 9.01. The number of hydrogen-bond acceptors (Lipinski definition) is 2. The number of para-hydroxylation sites is 1. The van der Waals surface area contributed by atoms with E-state index >= 15 is 0 Å². The molecule has 0 spiro atoms. The van der Waals surface area contributed by atoms with Gasteiger partial charge in [-0.25, -0.2) is 0 Å². The van der Waals surface area contributed by atoms with Gasteiger partial charge in [0.2, 0.25) is 0 Å². The van der Waals surface area contributed by atoms with Crippen LogP contribution in [0.5, 0.6) is 0 Å². The molecule has 0 bridgehead atoms. The Bertz CT molecular complexity index is 1000. The number of benzene rings is 3. The molecule has 0 radical (unpaired) electrons. The molecule has 126 valence electrons. The first kappa shape index (κ1) is 15.2. The SMILES string of the molecule is NC1C=CC=C2C1c1cc(-c3ccccc3)ccc1N2c1ccccc1. The Labute approximate surface area is 153 Å². The minimum absolute atomic E-state index is 0.00603. The molecule has 26 heavy (non-hydrogen) atoms. The standard InChI is InChI=1S/C24H20N2/c25-21-12-7-13-23-24(21)20-16-18(17-8-3-1-4-9-17)14-15-22(20)26(23)19-10-5-2-6-11-19/h1-16,21,24H,25H2. The Morgan fingerprint density at radius 1 is 0.769 bits per heavy atom. The minimum atomic E-state index is -0.00603. The van der Waals surface area contributed by atoms with Crippen molar-refractivity contribution in [1.29, 1.82) is 0 Å². The van der Waals surface area contributed by atoms with Gasteiger partial charge in [0.1, 0.15) is 0 Å². The molecule has 0 saturated carbocycles. The highest BCUT2D eigenvalue weighted by molar-refractivity contribution is 5.82. The van der Waals surface area contributed by atoms with Gasteiger partial charge in [0.05, 0.1) is 0 Å². The topological polar surface area (TPSA) is 29.3 Å². The molecule has 1 aliphatic heterocycles. The molecule has 2 unspecified atom stereocenters. The number of fused-ring (bicyclic) bond motifs is 3. The summed E-state index contributed by atoms with van der Waals surface area (Å²) in [5.74, 6) is 0.193. The van der Waals surface area contributed by atoms with Crippen LogP contribution in [0.2, 0.25) is 0 Å². The molecule has 0 saturated heterocycles. The van der Waals surface area contributed by atoms with Gasteiger partial charge in [0.15, 0.2) is 0 Å². The van der Waals surface area contributed by atoms with E-state index in [4.69, 9.17) is 5.73 Å².